The molecule has 2 aromatic heterocycles. The number of aromatic nitrogens is 3. The summed E-state index contributed by atoms with van der Waals surface area (Å²) in [7, 11) is 1.52. The first-order chi connectivity index (χ1) is 15.1. The smallest absolute Gasteiger partial charge is 0.250 e. The number of pyridine rings is 1. The number of fused-ring (bicyclic) bond motifs is 1. The second-order valence-corrected chi connectivity index (χ2v) is 6.45. The molecule has 0 aliphatic carbocycles. The maximum Gasteiger partial charge on any atom is 0.250 e. The summed E-state index contributed by atoms with van der Waals surface area (Å²) in [5, 5.41) is 5.88. The average Bonchev–Trinajstić information content (AvgIpc) is 2.81. The molecule has 0 unspecified atom stereocenters. The molecule has 10 heteroatoms. The van der Waals surface area contributed by atoms with Crippen LogP contribution in [0.25, 0.3) is 0 Å². The minimum Gasteiger partial charge on any atom is -0.490 e. The molecule has 0 radical (unpaired) electrons. The van der Waals surface area contributed by atoms with Gasteiger partial charge in [-0.05, 0) is 30.3 Å². The van der Waals surface area contributed by atoms with Crippen LogP contribution in [0.15, 0.2) is 55.4 Å². The van der Waals surface area contributed by atoms with E-state index in [0.29, 0.717) is 41.8 Å². The number of benzene rings is 1. The molecule has 2 N–H and O–H groups in total. The van der Waals surface area contributed by atoms with Crippen molar-refractivity contribution in [2.45, 2.75) is 0 Å². The van der Waals surface area contributed by atoms with Crippen LogP contribution < -0.4 is 25.0 Å². The van der Waals surface area contributed by atoms with Gasteiger partial charge in [-0.25, -0.2) is 14.4 Å². The highest BCUT2D eigenvalue weighted by Crippen LogP contribution is 2.35. The normalized spacial score (nSPS) is 12.4. The number of carbonyl (C=O) groups is 1. The van der Waals surface area contributed by atoms with E-state index in [9.17, 15) is 9.18 Å². The summed E-state index contributed by atoms with van der Waals surface area (Å²) in [6.07, 6.45) is 3.85. The SMILES string of the molecule is C=CC(=O)N1CCOc2ccc(Nc3nc(Nc4ccc(OC)nc4)ncc3F)cc21. The Morgan fingerprint density at radius 3 is 2.81 bits per heavy atom. The predicted molar refractivity (Wildman–Crippen MR) is 114 cm³/mol. The maximum atomic E-state index is 14.3. The quantitative estimate of drug-likeness (QED) is 0.583. The summed E-state index contributed by atoms with van der Waals surface area (Å²) >= 11 is 0. The number of nitrogens with one attached hydrogen (secondary N) is 2. The molecule has 31 heavy (non-hydrogen) atoms. The number of hydrogen-bond donors (Lipinski definition) is 2. The molecule has 3 aromatic rings. The Bertz CT molecular complexity index is 1120. The van der Waals surface area contributed by atoms with Crippen LogP contribution in [0.2, 0.25) is 0 Å². The van der Waals surface area contributed by atoms with Gasteiger partial charge in [0.1, 0.15) is 12.4 Å². The fourth-order valence-electron chi connectivity index (χ4n) is 2.99. The van der Waals surface area contributed by atoms with E-state index in [1.165, 1.54) is 13.2 Å². The zero-order chi connectivity index (χ0) is 21.8. The molecule has 3 heterocycles. The molecule has 0 spiro atoms. The average molecular weight is 422 g/mol. The van der Waals surface area contributed by atoms with E-state index in [2.05, 4.69) is 32.2 Å². The van der Waals surface area contributed by atoms with Crippen molar-refractivity contribution < 1.29 is 18.7 Å². The summed E-state index contributed by atoms with van der Waals surface area (Å²) in [5.41, 5.74) is 1.71. The summed E-state index contributed by atoms with van der Waals surface area (Å²) in [6.45, 7) is 4.31. The Morgan fingerprint density at radius 1 is 1.23 bits per heavy atom. The zero-order valence-electron chi connectivity index (χ0n) is 16.6. The lowest BCUT2D eigenvalue weighted by molar-refractivity contribution is -0.114. The lowest BCUT2D eigenvalue weighted by Crippen LogP contribution is -2.36. The van der Waals surface area contributed by atoms with Crippen molar-refractivity contribution >= 4 is 34.7 Å². The Hall–Kier alpha value is -4.21. The van der Waals surface area contributed by atoms with Gasteiger partial charge >= 0.3 is 0 Å². The summed E-state index contributed by atoms with van der Waals surface area (Å²) in [4.78, 5) is 25.9. The zero-order valence-corrected chi connectivity index (χ0v) is 16.6. The molecule has 0 bridgehead atoms. The first-order valence-electron chi connectivity index (χ1n) is 9.35. The molecule has 158 valence electrons. The van der Waals surface area contributed by atoms with Crippen LogP contribution in [0.5, 0.6) is 11.6 Å². The van der Waals surface area contributed by atoms with Crippen molar-refractivity contribution in [1.29, 1.82) is 0 Å². The molecule has 0 saturated heterocycles. The monoisotopic (exact) mass is 422 g/mol. The molecule has 9 nitrogen and oxygen atoms in total. The Kier molecular flexibility index (Phi) is 5.61. The van der Waals surface area contributed by atoms with Crippen molar-refractivity contribution in [3.63, 3.8) is 0 Å². The van der Waals surface area contributed by atoms with Gasteiger partial charge in [0, 0.05) is 11.8 Å². The van der Waals surface area contributed by atoms with Crippen molar-refractivity contribution in [2.75, 3.05) is 35.8 Å². The Balaban J connectivity index is 1.57. The van der Waals surface area contributed by atoms with Gasteiger partial charge in [-0.3, -0.25) is 4.79 Å². The maximum absolute atomic E-state index is 14.3. The largest absolute Gasteiger partial charge is 0.490 e. The Labute approximate surface area is 177 Å². The van der Waals surface area contributed by atoms with Crippen LogP contribution in [0.4, 0.5) is 33.2 Å². The van der Waals surface area contributed by atoms with Gasteiger partial charge in [-0.1, -0.05) is 6.58 Å². The fraction of sp³-hybridized carbons (Fsp3) is 0.143. The number of rotatable bonds is 6. The standard InChI is InChI=1S/C21H19FN6O3/c1-3-19(29)28-8-9-31-17-6-4-13(10-16(17)28)25-20-15(22)12-24-21(27-20)26-14-5-7-18(30-2)23-11-14/h3-7,10-12H,1,8-9H2,2H3,(H2,24,25,26,27). The van der Waals surface area contributed by atoms with E-state index in [1.54, 1.807) is 41.4 Å². The van der Waals surface area contributed by atoms with E-state index in [4.69, 9.17) is 9.47 Å². The molecule has 1 aliphatic heterocycles. The van der Waals surface area contributed by atoms with E-state index in [0.717, 1.165) is 6.20 Å². The van der Waals surface area contributed by atoms with Crippen LogP contribution in [0, 0.1) is 5.82 Å². The number of ether oxygens (including phenoxy) is 2. The second kappa shape index (κ2) is 8.66. The van der Waals surface area contributed by atoms with E-state index < -0.39 is 5.82 Å². The van der Waals surface area contributed by atoms with Crippen molar-refractivity contribution in [1.82, 2.24) is 15.0 Å². The Morgan fingerprint density at radius 2 is 2.06 bits per heavy atom. The van der Waals surface area contributed by atoms with Gasteiger partial charge in [0.15, 0.2) is 11.6 Å². The van der Waals surface area contributed by atoms with Gasteiger partial charge in [0.2, 0.25) is 11.8 Å². The van der Waals surface area contributed by atoms with Crippen molar-refractivity contribution in [3.05, 3.63) is 61.2 Å². The number of methoxy groups -OCH3 is 1. The van der Waals surface area contributed by atoms with Crippen LogP contribution in [-0.4, -0.2) is 41.1 Å². The molecule has 1 aromatic carbocycles. The van der Waals surface area contributed by atoms with E-state index in [-0.39, 0.29) is 17.7 Å². The van der Waals surface area contributed by atoms with Crippen LogP contribution in [0.3, 0.4) is 0 Å². The van der Waals surface area contributed by atoms with E-state index in [1.807, 2.05) is 0 Å². The minimum absolute atomic E-state index is 0.0303. The molecule has 1 aliphatic rings. The number of halogens is 1. The third-order valence-corrected chi connectivity index (χ3v) is 4.47. The van der Waals surface area contributed by atoms with E-state index >= 15 is 0 Å². The first kappa shape index (κ1) is 20.1. The van der Waals surface area contributed by atoms with Crippen LogP contribution in [0.1, 0.15) is 0 Å². The minimum atomic E-state index is -0.633. The number of carbonyl (C=O) groups excluding carboxylic acids is 1. The lowest BCUT2D eigenvalue weighted by Gasteiger charge is -2.29. The van der Waals surface area contributed by atoms with Gasteiger partial charge in [-0.2, -0.15) is 4.98 Å². The summed E-state index contributed by atoms with van der Waals surface area (Å²) in [6, 6.07) is 8.53. The molecule has 1 amide bonds. The molecule has 0 atom stereocenters. The number of anilines is 5. The van der Waals surface area contributed by atoms with Gasteiger partial charge in [0.05, 0.1) is 37.4 Å². The first-order valence-corrected chi connectivity index (χ1v) is 9.35. The van der Waals surface area contributed by atoms with Gasteiger partial charge < -0.3 is 25.0 Å². The van der Waals surface area contributed by atoms with Crippen LogP contribution in [-0.2, 0) is 4.79 Å². The predicted octanol–water partition coefficient (Wildman–Crippen LogP) is 3.42. The highest BCUT2D eigenvalue weighted by Gasteiger charge is 2.22. The number of nitrogens with zero attached hydrogens (tertiary/aromatic N) is 4. The fourth-order valence-corrected chi connectivity index (χ4v) is 2.99. The van der Waals surface area contributed by atoms with Gasteiger partial charge in [-0.15, -0.1) is 0 Å². The van der Waals surface area contributed by atoms with Crippen molar-refractivity contribution in [2.24, 2.45) is 0 Å². The third kappa shape index (κ3) is 4.37. The highest BCUT2D eigenvalue weighted by atomic mass is 19.1. The summed E-state index contributed by atoms with van der Waals surface area (Å²) in [5.74, 6) is 0.302. The number of hydrogen-bond acceptors (Lipinski definition) is 8. The second-order valence-electron chi connectivity index (χ2n) is 6.45. The van der Waals surface area contributed by atoms with Gasteiger partial charge in [0.25, 0.3) is 5.91 Å². The van der Waals surface area contributed by atoms with Crippen LogP contribution >= 0.6 is 0 Å². The molecular weight excluding hydrogens is 403 g/mol. The third-order valence-electron chi connectivity index (χ3n) is 4.47. The lowest BCUT2D eigenvalue weighted by atomic mass is 10.2. The summed E-state index contributed by atoms with van der Waals surface area (Å²) < 4.78 is 25.0. The molecule has 0 saturated carbocycles. The molecule has 0 fully saturated rings. The topological polar surface area (TPSA) is 102 Å². The number of amides is 1. The molecule has 4 rings (SSSR count). The molecular formula is C21H19FN6O3. The van der Waals surface area contributed by atoms with Crippen molar-refractivity contribution in [3.8, 4) is 11.6 Å². The highest BCUT2D eigenvalue weighted by molar-refractivity contribution is 6.02.